The Morgan fingerprint density at radius 3 is 2.60 bits per heavy atom. The van der Waals surface area contributed by atoms with Crippen molar-refractivity contribution in [2.45, 2.75) is 31.6 Å². The van der Waals surface area contributed by atoms with Gasteiger partial charge in [-0.1, -0.05) is 0 Å². The van der Waals surface area contributed by atoms with Crippen LogP contribution in [0.25, 0.3) is 0 Å². The first kappa shape index (κ1) is 16.2. The molecule has 1 atom stereocenters. The van der Waals surface area contributed by atoms with Gasteiger partial charge in [0.25, 0.3) is 5.92 Å². The SMILES string of the molecule is N#CC1(C(=O)N2CCC(F)(F)C3(CCN(c4cnccn4)C3)C2)CC1. The number of alkyl halides is 2. The van der Waals surface area contributed by atoms with E-state index >= 15 is 0 Å². The molecule has 1 amide bonds. The smallest absolute Gasteiger partial charge is 0.258 e. The summed E-state index contributed by atoms with van der Waals surface area (Å²) < 4.78 is 29.6. The molecule has 0 aromatic carbocycles. The van der Waals surface area contributed by atoms with Crippen LogP contribution in [0.4, 0.5) is 14.6 Å². The summed E-state index contributed by atoms with van der Waals surface area (Å²) in [7, 11) is 0. The van der Waals surface area contributed by atoms with E-state index in [0.717, 1.165) is 0 Å². The van der Waals surface area contributed by atoms with E-state index in [0.29, 0.717) is 31.6 Å². The summed E-state index contributed by atoms with van der Waals surface area (Å²) in [5.41, 5.74) is -2.25. The molecule has 132 valence electrons. The summed E-state index contributed by atoms with van der Waals surface area (Å²) in [6.45, 7) is 0.614. The summed E-state index contributed by atoms with van der Waals surface area (Å²) in [5.74, 6) is -2.54. The third-order valence-electron chi connectivity index (χ3n) is 5.85. The van der Waals surface area contributed by atoms with Gasteiger partial charge in [-0.3, -0.25) is 9.78 Å². The van der Waals surface area contributed by atoms with Crippen LogP contribution >= 0.6 is 0 Å². The highest BCUT2D eigenvalue weighted by Crippen LogP contribution is 2.52. The minimum absolute atomic E-state index is 0.000967. The number of likely N-dealkylation sites (tertiary alicyclic amines) is 1. The van der Waals surface area contributed by atoms with E-state index < -0.39 is 16.8 Å². The molecule has 1 aromatic rings. The molecule has 1 saturated carbocycles. The number of nitrogens with zero attached hydrogens (tertiary/aromatic N) is 5. The molecule has 2 aliphatic heterocycles. The van der Waals surface area contributed by atoms with Crippen molar-refractivity contribution in [3.05, 3.63) is 18.6 Å². The number of amides is 1. The predicted octanol–water partition coefficient (Wildman–Crippen LogP) is 1.84. The van der Waals surface area contributed by atoms with Gasteiger partial charge in [0.05, 0.1) is 17.7 Å². The normalized spacial score (nSPS) is 29.5. The molecule has 3 heterocycles. The number of rotatable bonds is 2. The van der Waals surface area contributed by atoms with E-state index in [2.05, 4.69) is 16.0 Å². The second-order valence-corrected chi connectivity index (χ2v) is 7.39. The molecule has 1 unspecified atom stereocenters. The summed E-state index contributed by atoms with van der Waals surface area (Å²) in [6, 6.07) is 2.08. The van der Waals surface area contributed by atoms with Crippen LogP contribution in [-0.4, -0.2) is 52.9 Å². The number of nitriles is 1. The van der Waals surface area contributed by atoms with E-state index in [4.69, 9.17) is 0 Å². The molecule has 3 fully saturated rings. The summed E-state index contributed by atoms with van der Waals surface area (Å²) in [6.07, 6.45) is 5.66. The zero-order valence-corrected chi connectivity index (χ0v) is 13.8. The van der Waals surface area contributed by atoms with E-state index in [9.17, 15) is 18.8 Å². The minimum atomic E-state index is -2.84. The molecule has 4 rings (SSSR count). The first-order chi connectivity index (χ1) is 11.9. The molecule has 0 N–H and O–H groups in total. The second kappa shape index (κ2) is 5.35. The Morgan fingerprint density at radius 1 is 1.16 bits per heavy atom. The average molecular weight is 347 g/mol. The van der Waals surface area contributed by atoms with Crippen molar-refractivity contribution in [1.29, 1.82) is 5.26 Å². The number of halogens is 2. The highest BCUT2D eigenvalue weighted by molar-refractivity contribution is 5.88. The molecular weight excluding hydrogens is 328 g/mol. The van der Waals surface area contributed by atoms with Crippen molar-refractivity contribution in [1.82, 2.24) is 14.9 Å². The van der Waals surface area contributed by atoms with Gasteiger partial charge in [-0.25, -0.2) is 13.8 Å². The van der Waals surface area contributed by atoms with Gasteiger partial charge in [0.2, 0.25) is 5.91 Å². The number of carbonyl (C=O) groups excluding carboxylic acids is 1. The zero-order chi connectivity index (χ0) is 17.7. The Kier molecular flexibility index (Phi) is 3.46. The van der Waals surface area contributed by atoms with Gasteiger partial charge in [0, 0.05) is 45.0 Å². The molecule has 1 aromatic heterocycles. The zero-order valence-electron chi connectivity index (χ0n) is 13.8. The molecule has 0 bridgehead atoms. The van der Waals surface area contributed by atoms with Gasteiger partial charge in [-0.15, -0.1) is 0 Å². The summed E-state index contributed by atoms with van der Waals surface area (Å²) in [4.78, 5) is 24.1. The molecule has 3 aliphatic rings. The maximum Gasteiger partial charge on any atom is 0.258 e. The number of piperidine rings is 1. The fourth-order valence-corrected chi connectivity index (χ4v) is 4.03. The molecule has 25 heavy (non-hydrogen) atoms. The maximum absolute atomic E-state index is 14.8. The van der Waals surface area contributed by atoms with Crippen LogP contribution in [0.5, 0.6) is 0 Å². The molecule has 2 saturated heterocycles. The van der Waals surface area contributed by atoms with Gasteiger partial charge >= 0.3 is 0 Å². The van der Waals surface area contributed by atoms with Crippen LogP contribution in [0.3, 0.4) is 0 Å². The Morgan fingerprint density at radius 2 is 1.96 bits per heavy atom. The standard InChI is InChI=1S/C17H19F2N5O/c18-17(19)4-8-24(14(25)15(10-20)1-2-15)12-16(17)3-7-23(11-16)13-9-21-5-6-22-13/h5-6,9H,1-4,7-8,11-12H2. The predicted molar refractivity (Wildman–Crippen MR) is 84.7 cm³/mol. The Bertz CT molecular complexity index is 730. The monoisotopic (exact) mass is 347 g/mol. The van der Waals surface area contributed by atoms with Gasteiger partial charge in [-0.05, 0) is 19.3 Å². The molecule has 6 nitrogen and oxygen atoms in total. The molecule has 1 aliphatic carbocycles. The van der Waals surface area contributed by atoms with Gasteiger partial charge in [0.15, 0.2) is 0 Å². The lowest BCUT2D eigenvalue weighted by Crippen LogP contribution is -2.59. The molecular formula is C17H19F2N5O. The van der Waals surface area contributed by atoms with Crippen LogP contribution in [-0.2, 0) is 4.79 Å². The van der Waals surface area contributed by atoms with Gasteiger partial charge < -0.3 is 9.80 Å². The van der Waals surface area contributed by atoms with Crippen molar-refractivity contribution >= 4 is 11.7 Å². The molecule has 0 radical (unpaired) electrons. The van der Waals surface area contributed by atoms with Crippen molar-refractivity contribution in [2.24, 2.45) is 10.8 Å². The Balaban J connectivity index is 1.57. The summed E-state index contributed by atoms with van der Waals surface area (Å²) in [5, 5.41) is 9.24. The topological polar surface area (TPSA) is 73.1 Å². The number of carbonyl (C=O) groups is 1. The number of aromatic nitrogens is 2. The van der Waals surface area contributed by atoms with Crippen molar-refractivity contribution in [2.75, 3.05) is 31.1 Å². The average Bonchev–Trinajstić information content (AvgIpc) is 3.31. The fourth-order valence-electron chi connectivity index (χ4n) is 4.03. The number of anilines is 1. The fraction of sp³-hybridized carbons (Fsp3) is 0.647. The highest BCUT2D eigenvalue weighted by Gasteiger charge is 2.62. The van der Waals surface area contributed by atoms with Crippen LogP contribution in [0.15, 0.2) is 18.6 Å². The third-order valence-corrected chi connectivity index (χ3v) is 5.85. The third kappa shape index (κ3) is 2.44. The van der Waals surface area contributed by atoms with E-state index in [1.807, 2.05) is 4.90 Å². The number of hydrogen-bond donors (Lipinski definition) is 0. The van der Waals surface area contributed by atoms with Crippen molar-refractivity contribution in [3.8, 4) is 6.07 Å². The van der Waals surface area contributed by atoms with Gasteiger partial charge in [0.1, 0.15) is 11.2 Å². The van der Waals surface area contributed by atoms with Crippen LogP contribution in [0.2, 0.25) is 0 Å². The van der Waals surface area contributed by atoms with E-state index in [1.165, 1.54) is 4.90 Å². The van der Waals surface area contributed by atoms with Crippen LogP contribution in [0.1, 0.15) is 25.7 Å². The minimum Gasteiger partial charge on any atom is -0.354 e. The first-order valence-corrected chi connectivity index (χ1v) is 8.51. The Labute approximate surface area is 144 Å². The molecule has 1 spiro atoms. The lowest BCUT2D eigenvalue weighted by Gasteiger charge is -2.46. The molecule has 8 heteroatoms. The lowest BCUT2D eigenvalue weighted by atomic mass is 9.75. The largest absolute Gasteiger partial charge is 0.354 e. The lowest BCUT2D eigenvalue weighted by molar-refractivity contribution is -0.170. The van der Waals surface area contributed by atoms with Crippen molar-refractivity contribution < 1.29 is 13.6 Å². The second-order valence-electron chi connectivity index (χ2n) is 7.39. The van der Waals surface area contributed by atoms with E-state index in [-0.39, 0.29) is 32.0 Å². The van der Waals surface area contributed by atoms with E-state index in [1.54, 1.807) is 18.6 Å². The quantitative estimate of drug-likeness (QED) is 0.816. The number of hydrogen-bond acceptors (Lipinski definition) is 5. The van der Waals surface area contributed by atoms with Gasteiger partial charge in [-0.2, -0.15) is 5.26 Å². The van der Waals surface area contributed by atoms with Crippen LogP contribution < -0.4 is 4.90 Å². The maximum atomic E-state index is 14.8. The van der Waals surface area contributed by atoms with Crippen LogP contribution in [0, 0.1) is 22.2 Å². The first-order valence-electron chi connectivity index (χ1n) is 8.51. The highest BCUT2D eigenvalue weighted by atomic mass is 19.3. The summed E-state index contributed by atoms with van der Waals surface area (Å²) >= 11 is 0. The Hall–Kier alpha value is -2.30. The van der Waals surface area contributed by atoms with Crippen molar-refractivity contribution in [3.63, 3.8) is 0 Å².